The van der Waals surface area contributed by atoms with E-state index < -0.39 is 0 Å². The van der Waals surface area contributed by atoms with E-state index in [1.54, 1.807) is 0 Å². The van der Waals surface area contributed by atoms with Crippen LogP contribution in [0.25, 0.3) is 87.3 Å². The van der Waals surface area contributed by atoms with Crippen molar-refractivity contribution in [2.24, 2.45) is 0 Å². The lowest BCUT2D eigenvalue weighted by atomic mass is 9.68. The molecule has 4 nitrogen and oxygen atoms in total. The average Bonchev–Trinajstić information content (AvgIpc) is 3.94. The van der Waals surface area contributed by atoms with Crippen molar-refractivity contribution in [1.29, 1.82) is 0 Å². The summed E-state index contributed by atoms with van der Waals surface area (Å²) >= 11 is 0. The van der Waals surface area contributed by atoms with Gasteiger partial charge in [0.15, 0.2) is 0 Å². The average molecular weight is 859 g/mol. The van der Waals surface area contributed by atoms with Crippen LogP contribution >= 0.6 is 0 Å². The first-order valence-electron chi connectivity index (χ1n) is 23.1. The minimum absolute atomic E-state index is 0.311. The van der Waals surface area contributed by atoms with Crippen LogP contribution in [0.4, 0.5) is 34.1 Å². The molecule has 67 heavy (non-hydrogen) atoms. The highest BCUT2D eigenvalue weighted by atomic mass is 16.3. The van der Waals surface area contributed by atoms with E-state index in [4.69, 9.17) is 8.83 Å². The second-order valence-electron chi connectivity index (χ2n) is 18.4. The van der Waals surface area contributed by atoms with Crippen LogP contribution in [0, 0.1) is 0 Å². The number of para-hydroxylation sites is 4. The minimum Gasteiger partial charge on any atom is -0.456 e. The van der Waals surface area contributed by atoms with Gasteiger partial charge in [0.1, 0.15) is 22.3 Å². The standard InChI is InChI=1S/C63H42N2O2/c1-63(2)55-25-15-24-51-53-38-57(65(40-18-7-4-8-19-40)43-30-33-50-48-23-12-14-27-59(48)67-61(50)36-43)46-21-10-9-20-44(46)52(53)37-54(62(51)55)45-31-28-41(34-56(45)63)64(39-16-5-3-6-17-39)42-29-32-49-47-22-11-13-26-58(47)66-60(49)35-42/h3-38H,1-2H3. The summed E-state index contributed by atoms with van der Waals surface area (Å²) in [4.78, 5) is 4.76. The van der Waals surface area contributed by atoms with Crippen molar-refractivity contribution in [3.8, 4) is 11.1 Å². The summed E-state index contributed by atoms with van der Waals surface area (Å²) in [5.41, 5.74) is 14.9. The molecule has 4 heteroatoms. The van der Waals surface area contributed by atoms with Gasteiger partial charge in [-0.05, 0) is 134 Å². The molecule has 0 saturated carbocycles. The molecular formula is C63H42N2O2. The molecule has 0 N–H and O–H groups in total. The van der Waals surface area contributed by atoms with Crippen molar-refractivity contribution in [3.05, 3.63) is 230 Å². The number of furan rings is 2. The summed E-state index contributed by atoms with van der Waals surface area (Å²) in [6.45, 7) is 4.78. The third kappa shape index (κ3) is 5.60. The molecule has 2 heterocycles. The van der Waals surface area contributed by atoms with Gasteiger partial charge in [0.25, 0.3) is 0 Å². The summed E-state index contributed by atoms with van der Waals surface area (Å²) in [5.74, 6) is 0. The predicted octanol–water partition coefficient (Wildman–Crippen LogP) is 18.2. The summed E-state index contributed by atoms with van der Waals surface area (Å²) in [5, 5.41) is 11.9. The molecule has 1 aliphatic carbocycles. The van der Waals surface area contributed by atoms with Gasteiger partial charge >= 0.3 is 0 Å². The molecule has 0 amide bonds. The Bertz CT molecular complexity index is 4140. The van der Waals surface area contributed by atoms with Crippen LogP contribution in [0.15, 0.2) is 227 Å². The molecule has 11 aromatic carbocycles. The van der Waals surface area contributed by atoms with E-state index >= 15 is 0 Å². The van der Waals surface area contributed by atoms with E-state index in [1.165, 1.54) is 54.6 Å². The first-order chi connectivity index (χ1) is 33.0. The van der Waals surface area contributed by atoms with E-state index in [0.717, 1.165) is 78.0 Å². The monoisotopic (exact) mass is 858 g/mol. The number of nitrogens with zero attached hydrogens (tertiary/aromatic N) is 2. The maximum Gasteiger partial charge on any atom is 0.137 e. The Hall–Kier alpha value is -8.60. The summed E-state index contributed by atoms with van der Waals surface area (Å²) in [6.07, 6.45) is 0. The van der Waals surface area contributed by atoms with Crippen molar-refractivity contribution in [2.45, 2.75) is 19.3 Å². The van der Waals surface area contributed by atoms with Crippen LogP contribution in [0.1, 0.15) is 25.0 Å². The number of hydrogen-bond acceptors (Lipinski definition) is 4. The van der Waals surface area contributed by atoms with Gasteiger partial charge in [-0.1, -0.05) is 135 Å². The lowest BCUT2D eigenvalue weighted by Crippen LogP contribution is -2.24. The highest BCUT2D eigenvalue weighted by Gasteiger charge is 2.35. The number of hydrogen-bond donors (Lipinski definition) is 0. The molecule has 1 aliphatic rings. The Labute approximate surface area is 387 Å². The van der Waals surface area contributed by atoms with Gasteiger partial charge < -0.3 is 18.6 Å². The fourth-order valence-corrected chi connectivity index (χ4v) is 11.3. The van der Waals surface area contributed by atoms with Gasteiger partial charge in [-0.3, -0.25) is 0 Å². The quantitative estimate of drug-likeness (QED) is 0.156. The topological polar surface area (TPSA) is 32.8 Å². The highest BCUT2D eigenvalue weighted by Crippen LogP contribution is 2.54. The van der Waals surface area contributed by atoms with Gasteiger partial charge in [-0.25, -0.2) is 0 Å². The second-order valence-corrected chi connectivity index (χ2v) is 18.4. The van der Waals surface area contributed by atoms with Crippen molar-refractivity contribution < 1.29 is 8.83 Å². The maximum atomic E-state index is 6.48. The summed E-state index contributed by atoms with van der Waals surface area (Å²) < 4.78 is 12.9. The molecule has 316 valence electrons. The van der Waals surface area contributed by atoms with Crippen molar-refractivity contribution in [1.82, 2.24) is 0 Å². The number of fused-ring (bicyclic) bond motifs is 12. The fourth-order valence-electron chi connectivity index (χ4n) is 11.3. The van der Waals surface area contributed by atoms with Gasteiger partial charge in [0.05, 0.1) is 5.69 Å². The summed E-state index contributed by atoms with van der Waals surface area (Å²) in [6, 6.07) is 79.0. The van der Waals surface area contributed by atoms with Crippen LogP contribution in [0.3, 0.4) is 0 Å². The van der Waals surface area contributed by atoms with Crippen molar-refractivity contribution >= 4 is 110 Å². The fraction of sp³-hybridized carbons (Fsp3) is 0.0476. The van der Waals surface area contributed by atoms with Gasteiger partial charge in [-0.15, -0.1) is 0 Å². The van der Waals surface area contributed by atoms with E-state index in [1.807, 2.05) is 24.3 Å². The van der Waals surface area contributed by atoms with E-state index in [-0.39, 0.29) is 5.41 Å². The Morgan fingerprint density at radius 3 is 1.45 bits per heavy atom. The number of benzene rings is 11. The molecule has 0 radical (unpaired) electrons. The first-order valence-corrected chi connectivity index (χ1v) is 23.1. The Balaban J connectivity index is 0.978. The number of rotatable bonds is 6. The van der Waals surface area contributed by atoms with Gasteiger partial charge in [0.2, 0.25) is 0 Å². The van der Waals surface area contributed by atoms with Crippen molar-refractivity contribution in [2.75, 3.05) is 9.80 Å². The largest absolute Gasteiger partial charge is 0.456 e. The lowest BCUT2D eigenvalue weighted by molar-refractivity contribution is 0.645. The van der Waals surface area contributed by atoms with Gasteiger partial charge in [-0.2, -0.15) is 0 Å². The predicted molar refractivity (Wildman–Crippen MR) is 280 cm³/mol. The second kappa shape index (κ2) is 14.2. The number of anilines is 6. The SMILES string of the molecule is CC1(C)c2cc(N(c3ccccc3)c3ccc4c(c3)oc3ccccc34)ccc2-c2cc3c4ccccc4c(N(c4ccccc4)c4ccc5c(c4)oc4ccccc45)cc3c3cccc1c23. The van der Waals surface area contributed by atoms with Crippen molar-refractivity contribution in [3.63, 3.8) is 0 Å². The van der Waals surface area contributed by atoms with Crippen LogP contribution in [-0.4, -0.2) is 0 Å². The molecule has 0 aliphatic heterocycles. The van der Waals surface area contributed by atoms with Crippen LogP contribution in [-0.2, 0) is 5.41 Å². The summed E-state index contributed by atoms with van der Waals surface area (Å²) in [7, 11) is 0. The normalized spacial score (nSPS) is 13.0. The minimum atomic E-state index is -0.311. The van der Waals surface area contributed by atoms with Crippen LogP contribution < -0.4 is 9.80 Å². The molecular weight excluding hydrogens is 817 g/mol. The van der Waals surface area contributed by atoms with E-state index in [0.29, 0.717) is 0 Å². The molecule has 0 fully saturated rings. The Morgan fingerprint density at radius 2 is 0.791 bits per heavy atom. The zero-order valence-corrected chi connectivity index (χ0v) is 37.0. The molecule has 0 spiro atoms. The van der Waals surface area contributed by atoms with E-state index in [2.05, 4.69) is 218 Å². The molecule has 0 saturated heterocycles. The highest BCUT2D eigenvalue weighted by molar-refractivity contribution is 6.25. The van der Waals surface area contributed by atoms with E-state index in [9.17, 15) is 0 Å². The third-order valence-corrected chi connectivity index (χ3v) is 14.4. The zero-order chi connectivity index (χ0) is 44.4. The molecule has 2 aromatic heterocycles. The molecule has 0 unspecified atom stereocenters. The third-order valence-electron chi connectivity index (χ3n) is 14.4. The molecule has 0 atom stereocenters. The maximum absolute atomic E-state index is 6.48. The Kier molecular flexibility index (Phi) is 8.00. The van der Waals surface area contributed by atoms with Gasteiger partial charge in [0, 0.05) is 72.9 Å². The Morgan fingerprint density at radius 1 is 0.299 bits per heavy atom. The molecule has 14 rings (SSSR count). The molecule has 0 bridgehead atoms. The first kappa shape index (κ1) is 37.7. The van der Waals surface area contributed by atoms with Crippen LogP contribution in [0.5, 0.6) is 0 Å². The lowest BCUT2D eigenvalue weighted by Gasteiger charge is -2.37. The smallest absolute Gasteiger partial charge is 0.137 e. The zero-order valence-electron chi connectivity index (χ0n) is 37.0. The van der Waals surface area contributed by atoms with Crippen LogP contribution in [0.2, 0.25) is 0 Å². The molecule has 13 aromatic rings.